The first kappa shape index (κ1) is 22.4. The maximum Gasteiger partial charge on any atom is 0.328 e. The van der Waals surface area contributed by atoms with Crippen molar-refractivity contribution >= 4 is 28.7 Å². The zero-order valence-corrected chi connectivity index (χ0v) is 16.8. The topological polar surface area (TPSA) is 103 Å². The normalized spacial score (nSPS) is 14.4. The number of hydrogen-bond donors (Lipinski definition) is 3. The Balaban J connectivity index is 0.000000321. The summed E-state index contributed by atoms with van der Waals surface area (Å²) >= 11 is 0. The Morgan fingerprint density at radius 3 is 2.41 bits per heavy atom. The smallest absolute Gasteiger partial charge is 0.328 e. The van der Waals surface area contributed by atoms with Crippen molar-refractivity contribution in [2.45, 2.75) is 32.6 Å². The fraction of sp³-hybridized carbons (Fsp3) is 0.409. The van der Waals surface area contributed by atoms with Crippen LogP contribution in [0, 0.1) is 6.92 Å². The molecule has 0 saturated carbocycles. The molecule has 2 aromatic rings. The van der Waals surface area contributed by atoms with Gasteiger partial charge in [-0.2, -0.15) is 0 Å². The molecule has 1 aliphatic heterocycles. The number of aryl methyl sites for hydroxylation is 1. The number of hydrogen-bond acceptors (Lipinski definition) is 5. The summed E-state index contributed by atoms with van der Waals surface area (Å²) in [6.07, 6.45) is 6.46. The average Bonchev–Trinajstić information content (AvgIpc) is 2.71. The Labute approximate surface area is 171 Å². The fourth-order valence-electron chi connectivity index (χ4n) is 3.28. The molecule has 7 heteroatoms. The van der Waals surface area contributed by atoms with E-state index < -0.39 is 11.9 Å². The van der Waals surface area contributed by atoms with Crippen molar-refractivity contribution in [2.24, 2.45) is 0 Å². The Hall–Kier alpha value is -2.93. The van der Waals surface area contributed by atoms with Crippen LogP contribution in [0.2, 0.25) is 0 Å². The van der Waals surface area contributed by atoms with Crippen molar-refractivity contribution < 1.29 is 19.8 Å². The minimum Gasteiger partial charge on any atom is -0.478 e. The van der Waals surface area contributed by atoms with E-state index in [0.29, 0.717) is 12.2 Å². The molecule has 1 fully saturated rings. The zero-order valence-electron chi connectivity index (χ0n) is 16.8. The van der Waals surface area contributed by atoms with Crippen molar-refractivity contribution in [3.05, 3.63) is 48.0 Å². The molecule has 1 aromatic heterocycles. The van der Waals surface area contributed by atoms with E-state index in [9.17, 15) is 9.59 Å². The third kappa shape index (κ3) is 8.31. The number of carboxylic acids is 2. The van der Waals surface area contributed by atoms with Crippen LogP contribution in [0.25, 0.3) is 10.9 Å². The Bertz CT molecular complexity index is 829. The van der Waals surface area contributed by atoms with Crippen molar-refractivity contribution in [3.8, 4) is 0 Å². The van der Waals surface area contributed by atoms with Crippen LogP contribution in [-0.2, 0) is 9.59 Å². The van der Waals surface area contributed by atoms with Crippen LogP contribution in [-0.4, -0.2) is 58.2 Å². The number of aliphatic carboxylic acids is 2. The number of likely N-dealkylation sites (tertiary alicyclic amines) is 1. The van der Waals surface area contributed by atoms with E-state index in [1.54, 1.807) is 0 Å². The lowest BCUT2D eigenvalue weighted by Crippen LogP contribution is -2.31. The zero-order chi connectivity index (χ0) is 21.1. The third-order valence-electron chi connectivity index (χ3n) is 4.70. The van der Waals surface area contributed by atoms with Crippen LogP contribution < -0.4 is 5.32 Å². The van der Waals surface area contributed by atoms with E-state index in [2.05, 4.69) is 47.5 Å². The maximum absolute atomic E-state index is 9.55. The van der Waals surface area contributed by atoms with Gasteiger partial charge in [0.25, 0.3) is 0 Å². The van der Waals surface area contributed by atoms with Crippen LogP contribution in [0.5, 0.6) is 0 Å². The number of rotatable bonds is 7. The number of carbonyl (C=O) groups is 2. The van der Waals surface area contributed by atoms with Gasteiger partial charge >= 0.3 is 11.9 Å². The standard InChI is InChI=1S/C18H25N3.C4H4O4/c1-15-14-18(20-17-9-4-3-8-16(15)17)19-10-7-13-21-11-5-2-6-12-21;5-3(6)1-2-4(7)8/h3-4,8-9,14H,2,5-7,10-13H2,1H3,(H,19,20);1-2H,(H,5,6)(H,7,8)/b;2-1+. The number of para-hydroxylation sites is 1. The molecule has 0 aliphatic carbocycles. The minimum absolute atomic E-state index is 0.558. The van der Waals surface area contributed by atoms with Crippen LogP contribution in [0.15, 0.2) is 42.5 Å². The van der Waals surface area contributed by atoms with E-state index in [0.717, 1.165) is 17.9 Å². The van der Waals surface area contributed by atoms with E-state index in [1.165, 1.54) is 56.3 Å². The molecule has 0 atom stereocenters. The third-order valence-corrected chi connectivity index (χ3v) is 4.70. The van der Waals surface area contributed by atoms with Gasteiger partial charge in [-0.3, -0.25) is 0 Å². The lowest BCUT2D eigenvalue weighted by atomic mass is 10.1. The summed E-state index contributed by atoms with van der Waals surface area (Å²) in [7, 11) is 0. The molecule has 29 heavy (non-hydrogen) atoms. The van der Waals surface area contributed by atoms with Gasteiger partial charge in [0.05, 0.1) is 5.52 Å². The minimum atomic E-state index is -1.26. The van der Waals surface area contributed by atoms with Crippen LogP contribution in [0.3, 0.4) is 0 Å². The molecule has 3 rings (SSSR count). The van der Waals surface area contributed by atoms with E-state index >= 15 is 0 Å². The molecular formula is C22H29N3O4. The summed E-state index contributed by atoms with van der Waals surface area (Å²) in [5.41, 5.74) is 2.37. The summed E-state index contributed by atoms with van der Waals surface area (Å²) in [6.45, 7) is 6.93. The number of nitrogens with zero attached hydrogens (tertiary/aromatic N) is 2. The highest BCUT2D eigenvalue weighted by atomic mass is 16.4. The number of nitrogens with one attached hydrogen (secondary N) is 1. The molecule has 0 unspecified atom stereocenters. The average molecular weight is 399 g/mol. The molecule has 1 saturated heterocycles. The largest absolute Gasteiger partial charge is 0.478 e. The van der Waals surface area contributed by atoms with Crippen molar-refractivity contribution in [3.63, 3.8) is 0 Å². The van der Waals surface area contributed by atoms with Gasteiger partial charge < -0.3 is 20.4 Å². The molecule has 7 nitrogen and oxygen atoms in total. The Morgan fingerprint density at radius 1 is 1.10 bits per heavy atom. The summed E-state index contributed by atoms with van der Waals surface area (Å²) in [6, 6.07) is 10.5. The first-order chi connectivity index (χ1) is 14.0. The summed E-state index contributed by atoms with van der Waals surface area (Å²) in [4.78, 5) is 26.4. The predicted molar refractivity (Wildman–Crippen MR) is 114 cm³/mol. The number of fused-ring (bicyclic) bond motifs is 1. The molecule has 3 N–H and O–H groups in total. The molecule has 0 radical (unpaired) electrons. The highest BCUT2D eigenvalue weighted by Crippen LogP contribution is 2.19. The number of pyridine rings is 1. The summed E-state index contributed by atoms with van der Waals surface area (Å²) < 4.78 is 0. The van der Waals surface area contributed by atoms with E-state index in [1.807, 2.05) is 0 Å². The SMILES string of the molecule is Cc1cc(NCCCN2CCCCC2)nc2ccccc12.O=C(O)/C=C/C(=O)O. The number of piperidine rings is 1. The molecule has 1 aliphatic rings. The van der Waals surface area contributed by atoms with Crippen LogP contribution >= 0.6 is 0 Å². The van der Waals surface area contributed by atoms with Crippen molar-refractivity contribution in [1.29, 1.82) is 0 Å². The van der Waals surface area contributed by atoms with Crippen molar-refractivity contribution in [2.75, 3.05) is 31.5 Å². The van der Waals surface area contributed by atoms with Gasteiger partial charge in [0.1, 0.15) is 5.82 Å². The lowest BCUT2D eigenvalue weighted by molar-refractivity contribution is -0.134. The number of carboxylic acid groups (broad SMARTS) is 2. The molecule has 1 aromatic carbocycles. The fourth-order valence-corrected chi connectivity index (χ4v) is 3.28. The van der Waals surface area contributed by atoms with Crippen LogP contribution in [0.1, 0.15) is 31.2 Å². The van der Waals surface area contributed by atoms with Crippen LogP contribution in [0.4, 0.5) is 5.82 Å². The number of anilines is 1. The molecule has 156 valence electrons. The van der Waals surface area contributed by atoms with E-state index in [4.69, 9.17) is 15.2 Å². The first-order valence-corrected chi connectivity index (χ1v) is 9.92. The Morgan fingerprint density at radius 2 is 1.76 bits per heavy atom. The van der Waals surface area contributed by atoms with Gasteiger partial charge in [-0.25, -0.2) is 14.6 Å². The second-order valence-electron chi connectivity index (χ2n) is 7.03. The van der Waals surface area contributed by atoms with Gasteiger partial charge in [0.2, 0.25) is 0 Å². The summed E-state index contributed by atoms with van der Waals surface area (Å²) in [5, 5.41) is 20.4. The number of benzene rings is 1. The van der Waals surface area contributed by atoms with Crippen molar-refractivity contribution in [1.82, 2.24) is 9.88 Å². The van der Waals surface area contributed by atoms with Gasteiger partial charge in [-0.05, 0) is 63.5 Å². The maximum atomic E-state index is 9.55. The molecule has 0 amide bonds. The monoisotopic (exact) mass is 399 g/mol. The Kier molecular flexibility index (Phi) is 9.11. The van der Waals surface area contributed by atoms with Gasteiger partial charge in [-0.15, -0.1) is 0 Å². The highest BCUT2D eigenvalue weighted by molar-refractivity contribution is 5.89. The molecule has 2 heterocycles. The lowest BCUT2D eigenvalue weighted by Gasteiger charge is -2.26. The molecular weight excluding hydrogens is 370 g/mol. The summed E-state index contributed by atoms with van der Waals surface area (Å²) in [5.74, 6) is -1.51. The van der Waals surface area contributed by atoms with Gasteiger partial charge in [0, 0.05) is 24.1 Å². The van der Waals surface area contributed by atoms with Gasteiger partial charge in [0.15, 0.2) is 0 Å². The second kappa shape index (κ2) is 11.8. The number of aromatic nitrogens is 1. The quantitative estimate of drug-likeness (QED) is 0.483. The first-order valence-electron chi connectivity index (χ1n) is 9.92. The molecule has 0 bridgehead atoms. The predicted octanol–water partition coefficient (Wildman–Crippen LogP) is 3.54. The van der Waals surface area contributed by atoms with Gasteiger partial charge in [-0.1, -0.05) is 24.6 Å². The van der Waals surface area contributed by atoms with E-state index in [-0.39, 0.29) is 0 Å². The second-order valence-corrected chi connectivity index (χ2v) is 7.03. The molecule has 0 spiro atoms. The highest BCUT2D eigenvalue weighted by Gasteiger charge is 2.09.